The fourth-order valence-electron chi connectivity index (χ4n) is 8.77. The summed E-state index contributed by atoms with van der Waals surface area (Å²) in [7, 11) is 0. The zero-order valence-electron chi connectivity index (χ0n) is 22.9. The van der Waals surface area contributed by atoms with E-state index in [0.717, 1.165) is 6.42 Å². The summed E-state index contributed by atoms with van der Waals surface area (Å²) in [6, 6.07) is 0. The van der Waals surface area contributed by atoms with Gasteiger partial charge >= 0.3 is 5.97 Å². The largest absolute Gasteiger partial charge is 0.478 e. The molecule has 36 heavy (non-hydrogen) atoms. The third-order valence-electron chi connectivity index (χ3n) is 11.2. The number of aliphatic hydroxyl groups is 1. The van der Waals surface area contributed by atoms with E-state index in [2.05, 4.69) is 20.8 Å². The molecule has 4 aliphatic rings. The molecule has 4 aliphatic carbocycles. The first-order chi connectivity index (χ1) is 16.5. The number of carbonyl (C=O) groups excluding carboxylic acids is 3. The van der Waals surface area contributed by atoms with Gasteiger partial charge in [0.25, 0.3) is 0 Å². The van der Waals surface area contributed by atoms with Crippen molar-refractivity contribution < 1.29 is 29.4 Å². The maximum absolute atomic E-state index is 14.0. The van der Waals surface area contributed by atoms with Crippen molar-refractivity contribution in [2.45, 2.75) is 99.5 Å². The highest BCUT2D eigenvalue weighted by Gasteiger charge is 2.70. The molecule has 2 N–H and O–H groups in total. The molecule has 0 aromatic heterocycles. The van der Waals surface area contributed by atoms with Gasteiger partial charge in [0.05, 0.1) is 11.5 Å². The highest BCUT2D eigenvalue weighted by molar-refractivity contribution is 6.05. The minimum absolute atomic E-state index is 0.0230. The molecule has 0 aromatic rings. The van der Waals surface area contributed by atoms with Gasteiger partial charge in [-0.2, -0.15) is 0 Å². The van der Waals surface area contributed by atoms with Gasteiger partial charge in [0, 0.05) is 41.2 Å². The van der Waals surface area contributed by atoms with Crippen LogP contribution in [0.2, 0.25) is 0 Å². The number of hydrogen-bond acceptors (Lipinski definition) is 5. The highest BCUT2D eigenvalue weighted by atomic mass is 16.4. The fourth-order valence-corrected chi connectivity index (χ4v) is 8.77. The molecule has 198 valence electrons. The van der Waals surface area contributed by atoms with Gasteiger partial charge in [0.2, 0.25) is 0 Å². The van der Waals surface area contributed by atoms with Crippen molar-refractivity contribution in [2.24, 2.45) is 39.4 Å². The van der Waals surface area contributed by atoms with Crippen molar-refractivity contribution in [3.8, 4) is 0 Å². The third kappa shape index (κ3) is 3.46. The molecule has 2 saturated carbocycles. The van der Waals surface area contributed by atoms with Crippen LogP contribution in [-0.2, 0) is 19.2 Å². The standard InChI is InChI=1S/C30H42O6/c1-16(9-8-10-17(2)26(35)36)18-13-23(34)30(7)25-19(31)14-21-27(3,4)22(33)11-12-28(21,5)24(25)20(32)15-29(18,30)6/h10,16,18-19,21,31H,8-9,11-15H2,1-7H3,(H,35,36)/b17-10+/t16?,18-,19+,21?,28+,29-,30+/m1/s1. The Morgan fingerprint density at radius 1 is 1.11 bits per heavy atom. The van der Waals surface area contributed by atoms with E-state index in [1.807, 2.05) is 20.8 Å². The van der Waals surface area contributed by atoms with E-state index < -0.39 is 33.7 Å². The minimum atomic E-state index is -0.930. The number of aliphatic hydroxyl groups excluding tert-OH is 1. The number of ketones is 3. The van der Waals surface area contributed by atoms with E-state index >= 15 is 0 Å². The van der Waals surface area contributed by atoms with Gasteiger partial charge in [-0.1, -0.05) is 40.7 Å². The lowest BCUT2D eigenvalue weighted by atomic mass is 9.42. The van der Waals surface area contributed by atoms with Crippen LogP contribution < -0.4 is 0 Å². The summed E-state index contributed by atoms with van der Waals surface area (Å²) in [6.07, 6.45) is 4.13. The van der Waals surface area contributed by atoms with Crippen molar-refractivity contribution >= 4 is 23.3 Å². The van der Waals surface area contributed by atoms with Crippen molar-refractivity contribution in [2.75, 3.05) is 0 Å². The summed E-state index contributed by atoms with van der Waals surface area (Å²) in [4.78, 5) is 51.9. The van der Waals surface area contributed by atoms with Gasteiger partial charge < -0.3 is 10.2 Å². The second kappa shape index (κ2) is 8.47. The van der Waals surface area contributed by atoms with E-state index in [1.54, 1.807) is 13.0 Å². The predicted molar refractivity (Wildman–Crippen MR) is 136 cm³/mol. The number of hydrogen-bond donors (Lipinski definition) is 2. The van der Waals surface area contributed by atoms with Crippen LogP contribution in [0.15, 0.2) is 22.8 Å². The van der Waals surface area contributed by atoms with Gasteiger partial charge in [-0.15, -0.1) is 0 Å². The molecule has 6 heteroatoms. The second-order valence-corrected chi connectivity index (χ2v) is 13.3. The summed E-state index contributed by atoms with van der Waals surface area (Å²) in [5.74, 6) is -0.703. The summed E-state index contributed by atoms with van der Waals surface area (Å²) in [5, 5.41) is 20.7. The minimum Gasteiger partial charge on any atom is -0.478 e. The van der Waals surface area contributed by atoms with Crippen LogP contribution in [0.5, 0.6) is 0 Å². The normalized spacial score (nSPS) is 41.1. The zero-order valence-corrected chi connectivity index (χ0v) is 22.9. The first-order valence-corrected chi connectivity index (χ1v) is 13.5. The van der Waals surface area contributed by atoms with Gasteiger partial charge in [-0.25, -0.2) is 4.79 Å². The predicted octanol–water partition coefficient (Wildman–Crippen LogP) is 5.08. The molecular formula is C30H42O6. The molecule has 4 rings (SSSR count). The van der Waals surface area contributed by atoms with Crippen LogP contribution in [0.1, 0.15) is 93.4 Å². The van der Waals surface area contributed by atoms with Crippen LogP contribution in [-0.4, -0.2) is 39.6 Å². The molecule has 0 heterocycles. The van der Waals surface area contributed by atoms with E-state index in [9.17, 15) is 24.3 Å². The molecule has 0 amide bonds. The van der Waals surface area contributed by atoms with Gasteiger partial charge in [-0.3, -0.25) is 14.4 Å². The van der Waals surface area contributed by atoms with Crippen LogP contribution in [0.4, 0.5) is 0 Å². The molecule has 0 radical (unpaired) electrons. The van der Waals surface area contributed by atoms with Crippen LogP contribution in [0.25, 0.3) is 0 Å². The summed E-state index contributed by atoms with van der Waals surface area (Å²) < 4.78 is 0. The highest BCUT2D eigenvalue weighted by Crippen LogP contribution is 2.70. The van der Waals surface area contributed by atoms with Crippen molar-refractivity contribution in [3.63, 3.8) is 0 Å². The van der Waals surface area contributed by atoms with Gasteiger partial charge in [0.15, 0.2) is 5.78 Å². The van der Waals surface area contributed by atoms with E-state index in [-0.39, 0.29) is 41.5 Å². The SMILES string of the molecule is C/C(=C\CCC(C)[C@H]1CC(=O)[C@@]2(C)C3=C(C(=O)C[C@]12C)[C@@]1(C)CCC(=O)C(C)(C)C1C[C@@H]3O)C(=O)O. The Bertz CT molecular complexity index is 1090. The number of rotatable bonds is 5. The molecule has 7 atom stereocenters. The quantitative estimate of drug-likeness (QED) is 0.512. The number of carboxylic acid groups (broad SMARTS) is 1. The lowest BCUT2D eigenvalue weighted by molar-refractivity contribution is -0.146. The molecule has 0 saturated heterocycles. The molecule has 0 spiro atoms. The lowest BCUT2D eigenvalue weighted by Crippen LogP contribution is -2.60. The Kier molecular flexibility index (Phi) is 6.35. The first kappa shape index (κ1) is 27.0. The molecule has 0 aliphatic heterocycles. The maximum Gasteiger partial charge on any atom is 0.330 e. The Balaban J connectivity index is 1.76. The lowest BCUT2D eigenvalue weighted by Gasteiger charge is -2.60. The van der Waals surface area contributed by atoms with E-state index in [0.29, 0.717) is 48.8 Å². The number of fused-ring (bicyclic) bond motifs is 4. The number of Topliss-reactive ketones (excluding diaryl/α,β-unsaturated/α-hetero) is 3. The zero-order chi connectivity index (χ0) is 27.0. The Hall–Kier alpha value is -2.08. The Morgan fingerprint density at radius 3 is 2.36 bits per heavy atom. The number of aliphatic carboxylic acids is 1. The Labute approximate surface area is 214 Å². The van der Waals surface area contributed by atoms with Crippen molar-refractivity contribution in [1.82, 2.24) is 0 Å². The molecule has 0 bridgehead atoms. The van der Waals surface area contributed by atoms with Crippen molar-refractivity contribution in [1.29, 1.82) is 0 Å². The fraction of sp³-hybridized carbons (Fsp3) is 0.733. The maximum atomic E-state index is 14.0. The molecular weight excluding hydrogens is 456 g/mol. The van der Waals surface area contributed by atoms with Crippen molar-refractivity contribution in [3.05, 3.63) is 22.8 Å². The van der Waals surface area contributed by atoms with Crippen LogP contribution >= 0.6 is 0 Å². The topological polar surface area (TPSA) is 109 Å². The third-order valence-corrected chi connectivity index (χ3v) is 11.2. The number of allylic oxidation sites excluding steroid dienone is 2. The molecule has 0 aromatic carbocycles. The van der Waals surface area contributed by atoms with Crippen LogP contribution in [0, 0.1) is 39.4 Å². The van der Waals surface area contributed by atoms with E-state index in [1.165, 1.54) is 0 Å². The number of carbonyl (C=O) groups is 4. The van der Waals surface area contributed by atoms with Crippen LogP contribution in [0.3, 0.4) is 0 Å². The molecule has 6 nitrogen and oxygen atoms in total. The summed E-state index contributed by atoms with van der Waals surface area (Å²) >= 11 is 0. The average molecular weight is 499 g/mol. The second-order valence-electron chi connectivity index (χ2n) is 13.3. The Morgan fingerprint density at radius 2 is 1.75 bits per heavy atom. The molecule has 2 fully saturated rings. The smallest absolute Gasteiger partial charge is 0.330 e. The first-order valence-electron chi connectivity index (χ1n) is 13.5. The van der Waals surface area contributed by atoms with Gasteiger partial charge in [-0.05, 0) is 68.3 Å². The summed E-state index contributed by atoms with van der Waals surface area (Å²) in [5.41, 5.74) is -1.13. The average Bonchev–Trinajstić information content (AvgIpc) is 2.99. The number of carboxylic acids is 1. The van der Waals surface area contributed by atoms with Gasteiger partial charge in [0.1, 0.15) is 11.6 Å². The summed E-state index contributed by atoms with van der Waals surface area (Å²) in [6.45, 7) is 13.6. The monoisotopic (exact) mass is 498 g/mol. The van der Waals surface area contributed by atoms with E-state index in [4.69, 9.17) is 5.11 Å². The molecule has 2 unspecified atom stereocenters.